The van der Waals surface area contributed by atoms with E-state index in [1.54, 1.807) is 79.9 Å². The lowest BCUT2D eigenvalue weighted by Crippen LogP contribution is -2.32. The Morgan fingerprint density at radius 3 is 2.22 bits per heavy atom. The van der Waals surface area contributed by atoms with E-state index in [1.807, 2.05) is 32.0 Å². The van der Waals surface area contributed by atoms with Crippen LogP contribution in [0.2, 0.25) is 0 Å². The van der Waals surface area contributed by atoms with E-state index in [1.165, 1.54) is 29.8 Å². The van der Waals surface area contributed by atoms with Crippen molar-refractivity contribution < 1.29 is 28.7 Å². The number of para-hydroxylation sites is 1. The number of benzene rings is 4. The first-order valence-corrected chi connectivity index (χ1v) is 15.4. The van der Waals surface area contributed by atoms with E-state index in [9.17, 15) is 19.2 Å². The minimum atomic E-state index is -0.561. The molecular weight excluding hydrogens is 602 g/mol. The molecule has 0 aromatic heterocycles. The van der Waals surface area contributed by atoms with Crippen LogP contribution in [0.15, 0.2) is 102 Å². The molecule has 1 fully saturated rings. The van der Waals surface area contributed by atoms with Gasteiger partial charge in [0.1, 0.15) is 17.2 Å². The molecule has 0 aliphatic carbocycles. The van der Waals surface area contributed by atoms with E-state index in [0.29, 0.717) is 34.0 Å². The Morgan fingerprint density at radius 2 is 1.57 bits per heavy atom. The zero-order valence-electron chi connectivity index (χ0n) is 25.8. The number of carbonyl (C=O) groups is 4. The lowest BCUT2D eigenvalue weighted by atomic mass is 10.1. The first-order chi connectivity index (χ1) is 22.2. The van der Waals surface area contributed by atoms with Crippen LogP contribution >= 0.6 is 11.8 Å². The van der Waals surface area contributed by atoms with Crippen LogP contribution in [0.1, 0.15) is 33.5 Å². The monoisotopic (exact) mass is 635 g/mol. The predicted molar refractivity (Wildman–Crippen MR) is 179 cm³/mol. The minimum Gasteiger partial charge on any atom is -0.497 e. The SMILES string of the molecule is COc1ccc(/C=C(\NC(=O)c2ccccc2)C(=O)Nc2ccc(SC3CC(=O)N(c4c(C)cccc4C)C3=O)cc2)c(OC)c1. The summed E-state index contributed by atoms with van der Waals surface area (Å²) in [7, 11) is 3.05. The second-order valence-electron chi connectivity index (χ2n) is 10.6. The third-order valence-corrected chi connectivity index (χ3v) is 8.63. The van der Waals surface area contributed by atoms with Gasteiger partial charge in [-0.1, -0.05) is 36.4 Å². The van der Waals surface area contributed by atoms with Crippen molar-refractivity contribution in [1.82, 2.24) is 5.32 Å². The topological polar surface area (TPSA) is 114 Å². The Bertz CT molecular complexity index is 1800. The highest BCUT2D eigenvalue weighted by molar-refractivity contribution is 8.00. The lowest BCUT2D eigenvalue weighted by molar-refractivity contribution is -0.121. The average molecular weight is 636 g/mol. The Labute approximate surface area is 271 Å². The Morgan fingerprint density at radius 1 is 0.870 bits per heavy atom. The standard InChI is InChI=1S/C36H33N3O6S/c1-22-9-8-10-23(2)33(22)39-32(40)21-31(36(39)43)46-28-17-14-26(15-18-28)37-35(42)29(38-34(41)24-11-6-5-7-12-24)19-25-13-16-27(44-3)20-30(25)45-4/h5-20,31H,21H2,1-4H3,(H,37,42)(H,38,41)/b29-19-. The van der Waals surface area contributed by atoms with E-state index < -0.39 is 17.1 Å². The van der Waals surface area contributed by atoms with Crippen LogP contribution in [-0.2, 0) is 14.4 Å². The van der Waals surface area contributed by atoms with Gasteiger partial charge in [-0.2, -0.15) is 0 Å². The number of amides is 4. The maximum atomic E-state index is 13.5. The molecule has 5 rings (SSSR count). The highest BCUT2D eigenvalue weighted by atomic mass is 32.2. The van der Waals surface area contributed by atoms with Crippen molar-refractivity contribution in [3.8, 4) is 11.5 Å². The first-order valence-electron chi connectivity index (χ1n) is 14.5. The number of aryl methyl sites for hydroxylation is 2. The Balaban J connectivity index is 1.33. The van der Waals surface area contributed by atoms with E-state index in [-0.39, 0.29) is 23.9 Å². The van der Waals surface area contributed by atoms with Gasteiger partial charge in [-0.05, 0) is 79.6 Å². The summed E-state index contributed by atoms with van der Waals surface area (Å²) in [5.74, 6) is -0.448. The first kappa shape index (κ1) is 32.1. The molecule has 1 unspecified atom stereocenters. The normalized spacial score (nSPS) is 14.7. The lowest BCUT2D eigenvalue weighted by Gasteiger charge is -2.19. The molecule has 0 radical (unpaired) electrons. The molecule has 4 aromatic rings. The molecular formula is C36H33N3O6S. The number of nitrogens with zero attached hydrogens (tertiary/aromatic N) is 1. The number of anilines is 2. The van der Waals surface area contributed by atoms with Gasteiger partial charge in [0.25, 0.3) is 11.8 Å². The second-order valence-corrected chi connectivity index (χ2v) is 11.9. The molecule has 1 heterocycles. The smallest absolute Gasteiger partial charge is 0.272 e. The molecule has 234 valence electrons. The van der Waals surface area contributed by atoms with Crippen LogP contribution in [0, 0.1) is 13.8 Å². The third kappa shape index (κ3) is 7.13. The van der Waals surface area contributed by atoms with Crippen molar-refractivity contribution in [2.75, 3.05) is 24.4 Å². The zero-order valence-corrected chi connectivity index (χ0v) is 26.6. The van der Waals surface area contributed by atoms with Gasteiger partial charge in [0.05, 0.1) is 25.2 Å². The van der Waals surface area contributed by atoms with Gasteiger partial charge >= 0.3 is 0 Å². The van der Waals surface area contributed by atoms with E-state index in [4.69, 9.17) is 9.47 Å². The van der Waals surface area contributed by atoms with Crippen molar-refractivity contribution in [1.29, 1.82) is 0 Å². The number of hydrogen-bond donors (Lipinski definition) is 2. The van der Waals surface area contributed by atoms with Crippen molar-refractivity contribution >= 4 is 52.8 Å². The maximum Gasteiger partial charge on any atom is 0.272 e. The van der Waals surface area contributed by atoms with Crippen LogP contribution in [0.25, 0.3) is 6.08 Å². The molecule has 1 aliphatic rings. The summed E-state index contributed by atoms with van der Waals surface area (Å²) >= 11 is 1.30. The Kier molecular flexibility index (Phi) is 9.88. The maximum absolute atomic E-state index is 13.5. The summed E-state index contributed by atoms with van der Waals surface area (Å²) in [5.41, 5.74) is 3.80. The van der Waals surface area contributed by atoms with Crippen LogP contribution < -0.4 is 25.0 Å². The summed E-state index contributed by atoms with van der Waals surface area (Å²) in [6.07, 6.45) is 1.63. The molecule has 1 atom stereocenters. The zero-order chi connectivity index (χ0) is 32.8. The fourth-order valence-electron chi connectivity index (χ4n) is 5.10. The molecule has 0 bridgehead atoms. The fraction of sp³-hybridized carbons (Fsp3) is 0.167. The molecule has 46 heavy (non-hydrogen) atoms. The quantitative estimate of drug-likeness (QED) is 0.159. The molecule has 0 saturated carbocycles. The highest BCUT2D eigenvalue weighted by Gasteiger charge is 2.41. The number of hydrogen-bond acceptors (Lipinski definition) is 7. The molecule has 1 aliphatic heterocycles. The van der Waals surface area contributed by atoms with Gasteiger partial charge in [-0.15, -0.1) is 11.8 Å². The molecule has 4 aromatic carbocycles. The molecule has 10 heteroatoms. The van der Waals surface area contributed by atoms with Crippen molar-refractivity contribution in [2.24, 2.45) is 0 Å². The number of thioether (sulfide) groups is 1. The van der Waals surface area contributed by atoms with Crippen LogP contribution in [0.5, 0.6) is 11.5 Å². The summed E-state index contributed by atoms with van der Waals surface area (Å²) in [6.45, 7) is 3.77. The summed E-state index contributed by atoms with van der Waals surface area (Å²) in [4.78, 5) is 54.8. The van der Waals surface area contributed by atoms with E-state index >= 15 is 0 Å². The minimum absolute atomic E-state index is 0.00238. The number of methoxy groups -OCH3 is 2. The van der Waals surface area contributed by atoms with Crippen LogP contribution in [-0.4, -0.2) is 43.1 Å². The number of carbonyl (C=O) groups excluding carboxylic acids is 4. The summed E-state index contributed by atoms with van der Waals surface area (Å²) < 4.78 is 10.8. The van der Waals surface area contributed by atoms with Gasteiger partial charge in [-0.3, -0.25) is 19.2 Å². The number of rotatable bonds is 10. The average Bonchev–Trinajstić information content (AvgIpc) is 3.33. The number of ether oxygens (including phenoxy) is 2. The van der Waals surface area contributed by atoms with E-state index in [2.05, 4.69) is 10.6 Å². The molecule has 1 saturated heterocycles. The molecule has 4 amide bonds. The second kappa shape index (κ2) is 14.2. The Hall–Kier alpha value is -5.35. The van der Waals surface area contributed by atoms with Gasteiger partial charge in [0.2, 0.25) is 11.8 Å². The van der Waals surface area contributed by atoms with Crippen molar-refractivity contribution in [3.63, 3.8) is 0 Å². The van der Waals surface area contributed by atoms with Crippen molar-refractivity contribution in [2.45, 2.75) is 30.4 Å². The number of imide groups is 1. The van der Waals surface area contributed by atoms with Crippen LogP contribution in [0.3, 0.4) is 0 Å². The van der Waals surface area contributed by atoms with E-state index in [0.717, 1.165) is 16.0 Å². The van der Waals surface area contributed by atoms with Crippen LogP contribution in [0.4, 0.5) is 11.4 Å². The highest BCUT2D eigenvalue weighted by Crippen LogP contribution is 2.37. The number of nitrogens with one attached hydrogen (secondary N) is 2. The predicted octanol–water partition coefficient (Wildman–Crippen LogP) is 6.15. The summed E-state index contributed by atoms with van der Waals surface area (Å²) in [5, 5.41) is 4.99. The van der Waals surface area contributed by atoms with Crippen molar-refractivity contribution in [3.05, 3.63) is 119 Å². The van der Waals surface area contributed by atoms with Gasteiger partial charge in [-0.25, -0.2) is 4.90 Å². The summed E-state index contributed by atoms with van der Waals surface area (Å²) in [6, 6.07) is 26.3. The van der Waals surface area contributed by atoms with Gasteiger partial charge < -0.3 is 20.1 Å². The fourth-order valence-corrected chi connectivity index (χ4v) is 6.16. The van der Waals surface area contributed by atoms with Gasteiger partial charge in [0, 0.05) is 34.2 Å². The third-order valence-electron chi connectivity index (χ3n) is 7.43. The van der Waals surface area contributed by atoms with Gasteiger partial charge in [0.15, 0.2) is 0 Å². The largest absolute Gasteiger partial charge is 0.497 e. The molecule has 9 nitrogen and oxygen atoms in total. The molecule has 2 N–H and O–H groups in total. The molecule has 0 spiro atoms.